The molecule has 2 aromatic carbocycles. The number of hydrogen-bond donors (Lipinski definition) is 1. The number of β-amino-alcohol motifs (C(OH)–C–C–N with tert-alkyl or cyclic N) is 1. The summed E-state index contributed by atoms with van der Waals surface area (Å²) in [7, 11) is 1.23. The summed E-state index contributed by atoms with van der Waals surface area (Å²) >= 11 is 6.17. The first-order valence-electron chi connectivity index (χ1n) is 12.5. The van der Waals surface area contributed by atoms with E-state index in [1.54, 1.807) is 35.2 Å². The van der Waals surface area contributed by atoms with Crippen molar-refractivity contribution in [3.8, 4) is 0 Å². The van der Waals surface area contributed by atoms with E-state index in [2.05, 4.69) is 4.90 Å². The van der Waals surface area contributed by atoms with Crippen LogP contribution in [0.3, 0.4) is 0 Å². The molecule has 2 saturated heterocycles. The lowest BCUT2D eigenvalue weighted by Crippen LogP contribution is -2.53. The van der Waals surface area contributed by atoms with Crippen molar-refractivity contribution in [2.45, 2.75) is 38.1 Å². The second kappa shape index (κ2) is 12.1. The fourth-order valence-corrected chi connectivity index (χ4v) is 5.19. The minimum atomic E-state index is -0.896. The highest BCUT2D eigenvalue weighted by molar-refractivity contribution is 6.31. The van der Waals surface area contributed by atoms with Gasteiger partial charge in [0.15, 0.2) is 0 Å². The van der Waals surface area contributed by atoms with Gasteiger partial charge in [-0.1, -0.05) is 29.8 Å². The van der Waals surface area contributed by atoms with Crippen LogP contribution in [0.4, 0.5) is 4.39 Å². The van der Waals surface area contributed by atoms with E-state index >= 15 is 0 Å². The predicted molar refractivity (Wildman–Crippen MR) is 141 cm³/mol. The van der Waals surface area contributed by atoms with Crippen LogP contribution >= 0.6 is 11.6 Å². The first-order chi connectivity index (χ1) is 18.2. The Hall–Kier alpha value is -3.27. The molecule has 0 bridgehead atoms. The molecule has 2 aliphatic rings. The van der Waals surface area contributed by atoms with E-state index in [-0.39, 0.29) is 36.3 Å². The number of esters is 1. The zero-order valence-electron chi connectivity index (χ0n) is 21.3. The molecule has 0 spiro atoms. The normalized spacial score (nSPS) is 22.2. The number of carbonyl (C=O) groups excluding carboxylic acids is 3. The maximum absolute atomic E-state index is 13.4. The SMILES string of the molecule is COC(=O)[C@@H]1C[C@@H](O)CN1C(=O)c1cc(Cl)ccc1/C=C/C(=O)N1CCN(Cc2ccc(F)cc2)C[C@H]1C. The van der Waals surface area contributed by atoms with Crippen molar-refractivity contribution in [2.24, 2.45) is 0 Å². The van der Waals surface area contributed by atoms with Gasteiger partial charge in [-0.15, -0.1) is 0 Å². The first-order valence-corrected chi connectivity index (χ1v) is 12.9. The van der Waals surface area contributed by atoms with Gasteiger partial charge in [0, 0.05) is 61.8 Å². The Morgan fingerprint density at radius 1 is 1.11 bits per heavy atom. The lowest BCUT2D eigenvalue weighted by molar-refractivity contribution is -0.145. The van der Waals surface area contributed by atoms with Crippen LogP contribution in [0.5, 0.6) is 0 Å². The quantitative estimate of drug-likeness (QED) is 0.445. The van der Waals surface area contributed by atoms with Crippen molar-refractivity contribution in [2.75, 3.05) is 33.3 Å². The van der Waals surface area contributed by atoms with E-state index < -0.39 is 24.0 Å². The summed E-state index contributed by atoms with van der Waals surface area (Å²) in [6.45, 7) is 4.53. The van der Waals surface area contributed by atoms with Gasteiger partial charge in [-0.25, -0.2) is 9.18 Å². The standard InChI is InChI=1S/C28H31ClFN3O5/c1-18-15-31(16-19-3-8-22(30)9-4-19)11-12-32(18)26(35)10-6-20-5-7-21(29)13-24(20)27(36)33-17-23(34)14-25(33)28(37)38-2/h3-10,13,18,23,25,34H,11-12,14-17H2,1-2H3/b10-6+/t18-,23-,25+/m1/s1. The van der Waals surface area contributed by atoms with Crippen molar-refractivity contribution >= 4 is 35.5 Å². The molecule has 0 aromatic heterocycles. The summed E-state index contributed by atoms with van der Waals surface area (Å²) in [4.78, 5) is 43.9. The number of piperazine rings is 1. The number of nitrogens with zero attached hydrogens (tertiary/aromatic N) is 3. The van der Waals surface area contributed by atoms with Gasteiger partial charge >= 0.3 is 5.97 Å². The van der Waals surface area contributed by atoms with Crippen LogP contribution in [0.1, 0.15) is 34.8 Å². The van der Waals surface area contributed by atoms with Gasteiger partial charge in [0.2, 0.25) is 5.91 Å². The molecule has 3 atom stereocenters. The molecule has 2 aromatic rings. The minimum Gasteiger partial charge on any atom is -0.467 e. The average molecular weight is 544 g/mol. The van der Waals surface area contributed by atoms with Crippen LogP contribution in [0.25, 0.3) is 6.08 Å². The molecule has 0 aliphatic carbocycles. The summed E-state index contributed by atoms with van der Waals surface area (Å²) in [6.07, 6.45) is 2.26. The lowest BCUT2D eigenvalue weighted by Gasteiger charge is -2.39. The molecule has 8 nitrogen and oxygen atoms in total. The van der Waals surface area contributed by atoms with Crippen molar-refractivity contribution in [1.29, 1.82) is 0 Å². The topological polar surface area (TPSA) is 90.4 Å². The Balaban J connectivity index is 1.44. The molecule has 4 rings (SSSR count). The number of aliphatic hydroxyl groups is 1. The molecule has 38 heavy (non-hydrogen) atoms. The molecule has 2 amide bonds. The number of aliphatic hydroxyl groups excluding tert-OH is 1. The van der Waals surface area contributed by atoms with Crippen LogP contribution in [-0.2, 0) is 20.9 Å². The Morgan fingerprint density at radius 3 is 2.53 bits per heavy atom. The van der Waals surface area contributed by atoms with Gasteiger partial charge in [-0.05, 0) is 48.4 Å². The molecule has 0 radical (unpaired) electrons. The van der Waals surface area contributed by atoms with Gasteiger partial charge in [-0.3, -0.25) is 14.5 Å². The Bertz CT molecular complexity index is 1220. The van der Waals surface area contributed by atoms with Gasteiger partial charge in [-0.2, -0.15) is 0 Å². The molecular weight excluding hydrogens is 513 g/mol. The second-order valence-corrected chi connectivity index (χ2v) is 10.1. The molecule has 0 unspecified atom stereocenters. The fraction of sp³-hybridized carbons (Fsp3) is 0.393. The molecule has 0 saturated carbocycles. The smallest absolute Gasteiger partial charge is 0.328 e. The Labute approximate surface area is 226 Å². The highest BCUT2D eigenvalue weighted by atomic mass is 35.5. The Kier molecular flexibility index (Phi) is 8.81. The van der Waals surface area contributed by atoms with Crippen molar-refractivity contribution in [3.63, 3.8) is 0 Å². The summed E-state index contributed by atoms with van der Waals surface area (Å²) in [5.74, 6) is -1.53. The van der Waals surface area contributed by atoms with E-state index in [1.807, 2.05) is 6.92 Å². The zero-order chi connectivity index (χ0) is 27.4. The lowest BCUT2D eigenvalue weighted by atomic mass is 10.0. The number of methoxy groups -OCH3 is 1. The molecule has 2 fully saturated rings. The van der Waals surface area contributed by atoms with Crippen LogP contribution in [0.2, 0.25) is 5.02 Å². The molecule has 202 valence electrons. The summed E-state index contributed by atoms with van der Waals surface area (Å²) in [5, 5.41) is 10.4. The first kappa shape index (κ1) is 27.8. The van der Waals surface area contributed by atoms with Gasteiger partial charge in [0.1, 0.15) is 11.9 Å². The number of carbonyl (C=O) groups is 3. The number of ether oxygens (including phenoxy) is 1. The minimum absolute atomic E-state index is 0.00703. The Morgan fingerprint density at radius 2 is 1.84 bits per heavy atom. The van der Waals surface area contributed by atoms with E-state index in [0.717, 1.165) is 5.56 Å². The number of likely N-dealkylation sites (tertiary alicyclic amines) is 1. The summed E-state index contributed by atoms with van der Waals surface area (Å²) in [5.41, 5.74) is 1.71. The van der Waals surface area contributed by atoms with Gasteiger partial charge in [0.25, 0.3) is 5.91 Å². The van der Waals surface area contributed by atoms with Crippen molar-refractivity contribution in [3.05, 3.63) is 76.1 Å². The maximum atomic E-state index is 13.4. The summed E-state index contributed by atoms with van der Waals surface area (Å²) in [6, 6.07) is 10.2. The van der Waals surface area contributed by atoms with Crippen LogP contribution in [0.15, 0.2) is 48.5 Å². The van der Waals surface area contributed by atoms with Crippen LogP contribution in [0, 0.1) is 5.82 Å². The number of halogens is 2. The van der Waals surface area contributed by atoms with Gasteiger partial charge < -0.3 is 19.6 Å². The molecular formula is C28H31ClFN3O5. The monoisotopic (exact) mass is 543 g/mol. The van der Waals surface area contributed by atoms with Crippen LogP contribution < -0.4 is 0 Å². The van der Waals surface area contributed by atoms with E-state index in [9.17, 15) is 23.9 Å². The van der Waals surface area contributed by atoms with Gasteiger partial charge in [0.05, 0.1) is 13.2 Å². The van der Waals surface area contributed by atoms with E-state index in [1.165, 1.54) is 36.3 Å². The second-order valence-electron chi connectivity index (χ2n) is 9.69. The third-order valence-corrected chi connectivity index (χ3v) is 7.21. The number of amides is 2. The zero-order valence-corrected chi connectivity index (χ0v) is 22.1. The van der Waals surface area contributed by atoms with E-state index in [0.29, 0.717) is 36.8 Å². The van der Waals surface area contributed by atoms with Crippen molar-refractivity contribution in [1.82, 2.24) is 14.7 Å². The largest absolute Gasteiger partial charge is 0.467 e. The third kappa shape index (κ3) is 6.40. The molecule has 2 aliphatic heterocycles. The molecule has 10 heteroatoms. The highest BCUT2D eigenvalue weighted by Gasteiger charge is 2.40. The number of rotatable bonds is 6. The number of benzene rings is 2. The van der Waals surface area contributed by atoms with E-state index in [4.69, 9.17) is 16.3 Å². The third-order valence-electron chi connectivity index (χ3n) is 6.98. The molecule has 2 heterocycles. The predicted octanol–water partition coefficient (Wildman–Crippen LogP) is 2.97. The fourth-order valence-electron chi connectivity index (χ4n) is 5.02. The van der Waals surface area contributed by atoms with Crippen molar-refractivity contribution < 1.29 is 28.6 Å². The highest BCUT2D eigenvalue weighted by Crippen LogP contribution is 2.26. The average Bonchev–Trinajstić information content (AvgIpc) is 3.29. The van der Waals surface area contributed by atoms with Crippen LogP contribution in [-0.4, -0.2) is 89.1 Å². The summed E-state index contributed by atoms with van der Waals surface area (Å²) < 4.78 is 18.0. The molecule has 1 N–H and O–H groups in total. The maximum Gasteiger partial charge on any atom is 0.328 e. The number of hydrogen-bond acceptors (Lipinski definition) is 6.